The van der Waals surface area contributed by atoms with E-state index >= 15 is 0 Å². The van der Waals surface area contributed by atoms with Crippen molar-refractivity contribution >= 4 is 13.3 Å². The molecular weight excluding hydrogens is 260 g/mol. The van der Waals surface area contributed by atoms with E-state index in [0.29, 0.717) is 12.2 Å². The molecule has 1 aromatic rings. The van der Waals surface area contributed by atoms with Gasteiger partial charge in [0.1, 0.15) is 0 Å². The number of benzene rings is 1. The predicted octanol–water partition coefficient (Wildman–Crippen LogP) is 4.36. The van der Waals surface area contributed by atoms with Gasteiger partial charge in [-0.1, -0.05) is 74.6 Å². The molecule has 20 heavy (non-hydrogen) atoms. The molecule has 2 atom stereocenters. The second kappa shape index (κ2) is 5.49. The molecule has 2 unspecified atom stereocenters. The van der Waals surface area contributed by atoms with Crippen molar-refractivity contribution < 1.29 is 4.74 Å². The van der Waals surface area contributed by atoms with Crippen molar-refractivity contribution in [1.29, 1.82) is 0 Å². The van der Waals surface area contributed by atoms with Gasteiger partial charge in [-0.2, -0.15) is 0 Å². The number of allylic oxidation sites excluding steroid dienone is 1. The van der Waals surface area contributed by atoms with E-state index in [9.17, 15) is 0 Å². The van der Waals surface area contributed by atoms with Crippen molar-refractivity contribution in [3.8, 4) is 0 Å². The summed E-state index contributed by atoms with van der Waals surface area (Å²) >= 11 is 0. The number of hydrogen-bond acceptors (Lipinski definition) is 1. The third kappa shape index (κ3) is 3.61. The van der Waals surface area contributed by atoms with E-state index in [1.807, 2.05) is 0 Å². The molecule has 0 N–H and O–H groups in total. The van der Waals surface area contributed by atoms with Crippen LogP contribution in [0.4, 0.5) is 0 Å². The molecule has 1 aliphatic heterocycles. The zero-order chi connectivity index (χ0) is 15.0. The summed E-state index contributed by atoms with van der Waals surface area (Å²) in [5.74, 6) is 0. The maximum absolute atomic E-state index is 5.59. The molecule has 0 aliphatic carbocycles. The Morgan fingerprint density at radius 1 is 1.25 bits per heavy atom. The van der Waals surface area contributed by atoms with E-state index in [0.717, 1.165) is 12.5 Å². The molecule has 0 saturated carbocycles. The van der Waals surface area contributed by atoms with E-state index in [2.05, 4.69) is 70.8 Å². The summed E-state index contributed by atoms with van der Waals surface area (Å²) in [6.07, 6.45) is 2.00. The van der Waals surface area contributed by atoms with Gasteiger partial charge in [0.05, 0.1) is 20.3 Å². The maximum Gasteiger partial charge on any atom is 0.0847 e. The fourth-order valence-electron chi connectivity index (χ4n) is 2.86. The largest absolute Gasteiger partial charge is 0.370 e. The van der Waals surface area contributed by atoms with Crippen molar-refractivity contribution in [2.24, 2.45) is 5.41 Å². The molecule has 0 bridgehead atoms. The van der Waals surface area contributed by atoms with Crippen molar-refractivity contribution in [2.45, 2.75) is 58.5 Å². The number of rotatable bonds is 6. The highest BCUT2D eigenvalue weighted by Gasteiger charge is 2.40. The fraction of sp³-hybridized carbons (Fsp3) is 0.556. The quantitative estimate of drug-likeness (QED) is 0.430. The SMILES string of the molecule is C=C(C[Si](C)(C)c1ccccc1)C(C)(C)CC1OC1C. The zero-order valence-electron chi connectivity index (χ0n) is 13.6. The lowest BCUT2D eigenvalue weighted by Crippen LogP contribution is -2.42. The minimum Gasteiger partial charge on any atom is -0.370 e. The summed E-state index contributed by atoms with van der Waals surface area (Å²) in [5.41, 5.74) is 1.56. The van der Waals surface area contributed by atoms with Crippen LogP contribution in [0.1, 0.15) is 27.2 Å². The first-order valence-electron chi connectivity index (χ1n) is 7.62. The van der Waals surface area contributed by atoms with Gasteiger partial charge in [0.25, 0.3) is 0 Å². The van der Waals surface area contributed by atoms with E-state index < -0.39 is 8.07 Å². The highest BCUT2D eigenvalue weighted by Crippen LogP contribution is 2.41. The van der Waals surface area contributed by atoms with Crippen LogP contribution in [0.15, 0.2) is 42.5 Å². The first-order chi connectivity index (χ1) is 9.22. The minimum atomic E-state index is -1.44. The minimum absolute atomic E-state index is 0.175. The lowest BCUT2D eigenvalue weighted by Gasteiger charge is -2.33. The van der Waals surface area contributed by atoms with Gasteiger partial charge < -0.3 is 4.74 Å². The predicted molar refractivity (Wildman–Crippen MR) is 90.2 cm³/mol. The molecule has 1 nitrogen and oxygen atoms in total. The van der Waals surface area contributed by atoms with Gasteiger partial charge in [-0.15, -0.1) is 0 Å². The lowest BCUT2D eigenvalue weighted by atomic mass is 9.81. The van der Waals surface area contributed by atoms with Crippen LogP contribution in [0, 0.1) is 5.41 Å². The number of ether oxygens (including phenoxy) is 1. The molecule has 1 fully saturated rings. The van der Waals surface area contributed by atoms with Gasteiger partial charge >= 0.3 is 0 Å². The average Bonchev–Trinajstić information content (AvgIpc) is 3.04. The topological polar surface area (TPSA) is 12.5 Å². The van der Waals surface area contributed by atoms with Crippen LogP contribution >= 0.6 is 0 Å². The first kappa shape index (κ1) is 15.5. The summed E-state index contributed by atoms with van der Waals surface area (Å²) in [7, 11) is -1.44. The molecule has 1 saturated heterocycles. The molecule has 1 heterocycles. The summed E-state index contributed by atoms with van der Waals surface area (Å²) in [6.45, 7) is 16.1. The Hall–Kier alpha value is -0.863. The number of hydrogen-bond donors (Lipinski definition) is 0. The van der Waals surface area contributed by atoms with E-state index in [-0.39, 0.29) is 5.41 Å². The summed E-state index contributed by atoms with van der Waals surface area (Å²) < 4.78 is 5.59. The van der Waals surface area contributed by atoms with Crippen molar-refractivity contribution in [2.75, 3.05) is 0 Å². The Balaban J connectivity index is 2.02. The Kier molecular flexibility index (Phi) is 4.26. The van der Waals surface area contributed by atoms with Crippen LogP contribution in [-0.2, 0) is 4.74 Å². The molecule has 1 aromatic carbocycles. The van der Waals surface area contributed by atoms with Gasteiger partial charge in [0, 0.05) is 0 Å². The van der Waals surface area contributed by atoms with Crippen LogP contribution in [0.25, 0.3) is 0 Å². The molecule has 0 radical (unpaired) electrons. The smallest absolute Gasteiger partial charge is 0.0847 e. The Morgan fingerprint density at radius 2 is 1.80 bits per heavy atom. The average molecular weight is 289 g/mol. The van der Waals surface area contributed by atoms with Crippen LogP contribution in [0.3, 0.4) is 0 Å². The van der Waals surface area contributed by atoms with Gasteiger partial charge in [-0.3, -0.25) is 0 Å². The summed E-state index contributed by atoms with van der Waals surface area (Å²) in [6, 6.07) is 12.1. The monoisotopic (exact) mass is 288 g/mol. The van der Waals surface area contributed by atoms with Crippen molar-refractivity contribution in [3.63, 3.8) is 0 Å². The molecule has 2 heteroatoms. The van der Waals surface area contributed by atoms with E-state index in [1.165, 1.54) is 10.8 Å². The second-order valence-electron chi connectivity index (χ2n) is 7.50. The third-order valence-corrected chi connectivity index (χ3v) is 7.92. The van der Waals surface area contributed by atoms with Crippen LogP contribution in [0.2, 0.25) is 19.1 Å². The highest BCUT2D eigenvalue weighted by molar-refractivity contribution is 6.90. The lowest BCUT2D eigenvalue weighted by molar-refractivity contribution is 0.309. The molecule has 0 spiro atoms. The first-order valence-corrected chi connectivity index (χ1v) is 10.8. The molecular formula is C18H28OSi. The molecule has 2 rings (SSSR count). The molecule has 1 aliphatic rings. The Bertz CT molecular complexity index is 475. The normalized spacial score (nSPS) is 22.6. The van der Waals surface area contributed by atoms with Crippen molar-refractivity contribution in [1.82, 2.24) is 0 Å². The molecule has 0 amide bonds. The molecule has 0 aromatic heterocycles. The maximum atomic E-state index is 5.59. The van der Waals surface area contributed by atoms with Crippen molar-refractivity contribution in [3.05, 3.63) is 42.5 Å². The van der Waals surface area contributed by atoms with Gasteiger partial charge in [-0.05, 0) is 24.8 Å². The van der Waals surface area contributed by atoms with Gasteiger partial charge in [0.15, 0.2) is 0 Å². The van der Waals surface area contributed by atoms with Crippen LogP contribution in [0.5, 0.6) is 0 Å². The summed E-state index contributed by atoms with van der Waals surface area (Å²) in [4.78, 5) is 0. The van der Waals surface area contributed by atoms with Crippen LogP contribution < -0.4 is 5.19 Å². The zero-order valence-corrected chi connectivity index (χ0v) is 14.6. The van der Waals surface area contributed by atoms with Crippen LogP contribution in [-0.4, -0.2) is 20.3 Å². The van der Waals surface area contributed by atoms with Gasteiger partial charge in [-0.25, -0.2) is 0 Å². The van der Waals surface area contributed by atoms with E-state index in [4.69, 9.17) is 4.74 Å². The third-order valence-electron chi connectivity index (χ3n) is 4.72. The van der Waals surface area contributed by atoms with Gasteiger partial charge in [0.2, 0.25) is 0 Å². The summed E-state index contributed by atoms with van der Waals surface area (Å²) in [5, 5.41) is 1.52. The standard InChI is InChI=1S/C18H28OSi/c1-14(18(3,4)12-17-15(2)19-17)13-20(5,6)16-10-8-7-9-11-16/h7-11,15,17H,1,12-13H2,2-6H3. The fourth-order valence-corrected chi connectivity index (χ4v) is 5.70. The highest BCUT2D eigenvalue weighted by atomic mass is 28.3. The number of epoxide rings is 1. The second-order valence-corrected chi connectivity index (χ2v) is 12.2. The Morgan fingerprint density at radius 3 is 2.30 bits per heavy atom. The van der Waals surface area contributed by atoms with E-state index in [1.54, 1.807) is 0 Å². The Labute approximate surface area is 125 Å². The molecule has 110 valence electrons.